The molecule has 5 heteroatoms. The molecule has 0 bridgehead atoms. The summed E-state index contributed by atoms with van der Waals surface area (Å²) < 4.78 is 0. The maximum atomic E-state index is 11.6. The number of pyridine rings is 1. The molecular formula is C10H13N3O2. The van der Waals surface area contributed by atoms with Gasteiger partial charge in [0, 0.05) is 31.4 Å². The number of aromatic amines is 1. The van der Waals surface area contributed by atoms with Crippen LogP contribution in [0.1, 0.15) is 6.42 Å². The van der Waals surface area contributed by atoms with Gasteiger partial charge in [0.1, 0.15) is 5.69 Å². The topological polar surface area (TPSA) is 79.2 Å². The quantitative estimate of drug-likeness (QED) is 0.698. The average Bonchev–Trinajstić information content (AvgIpc) is 2.60. The Morgan fingerprint density at radius 2 is 2.33 bits per heavy atom. The Balaban J connectivity index is 2.29. The molecule has 0 saturated carbocycles. The second kappa shape index (κ2) is 3.86. The summed E-state index contributed by atoms with van der Waals surface area (Å²) in [6.45, 7) is 1.02. The molecule has 2 rings (SSSR count). The monoisotopic (exact) mass is 207 g/mol. The third-order valence-corrected chi connectivity index (χ3v) is 2.63. The Hall–Kier alpha value is -1.62. The average molecular weight is 207 g/mol. The van der Waals surface area contributed by atoms with Crippen molar-refractivity contribution in [1.29, 1.82) is 0 Å². The zero-order valence-corrected chi connectivity index (χ0v) is 8.27. The van der Waals surface area contributed by atoms with Crippen molar-refractivity contribution < 1.29 is 4.79 Å². The van der Waals surface area contributed by atoms with Crippen LogP contribution >= 0.6 is 0 Å². The smallest absolute Gasteiger partial charge is 0.227 e. The van der Waals surface area contributed by atoms with E-state index in [1.165, 1.54) is 11.0 Å². The lowest BCUT2D eigenvalue weighted by Gasteiger charge is -2.14. The number of carbonyl (C=O) groups is 1. The molecule has 1 aliphatic heterocycles. The number of nitrogens with two attached hydrogens (primary N) is 1. The molecule has 1 aromatic rings. The van der Waals surface area contributed by atoms with Crippen molar-refractivity contribution in [3.63, 3.8) is 0 Å². The fourth-order valence-corrected chi connectivity index (χ4v) is 1.79. The number of nitrogens with one attached hydrogen (secondary N) is 1. The summed E-state index contributed by atoms with van der Waals surface area (Å²) in [5.41, 5.74) is 5.79. The largest absolute Gasteiger partial charge is 0.366 e. The van der Waals surface area contributed by atoms with Crippen molar-refractivity contribution in [1.82, 2.24) is 4.98 Å². The molecular weight excluding hydrogens is 194 g/mol. The highest BCUT2D eigenvalue weighted by Gasteiger charge is 2.30. The third kappa shape index (κ3) is 1.78. The van der Waals surface area contributed by atoms with Crippen LogP contribution in [0, 0.1) is 5.92 Å². The Kier molecular flexibility index (Phi) is 2.55. The van der Waals surface area contributed by atoms with Crippen LogP contribution in [0.25, 0.3) is 0 Å². The van der Waals surface area contributed by atoms with Crippen molar-refractivity contribution in [2.75, 3.05) is 18.0 Å². The highest BCUT2D eigenvalue weighted by Crippen LogP contribution is 2.20. The lowest BCUT2D eigenvalue weighted by atomic mass is 10.1. The van der Waals surface area contributed by atoms with Gasteiger partial charge in [-0.15, -0.1) is 0 Å². The van der Waals surface area contributed by atoms with Gasteiger partial charge in [-0.25, -0.2) is 0 Å². The minimum absolute atomic E-state index is 0.0258. The number of carbonyl (C=O) groups excluding carboxylic acids is 1. The van der Waals surface area contributed by atoms with Crippen LogP contribution < -0.4 is 16.1 Å². The molecule has 1 saturated heterocycles. The number of aromatic nitrogens is 1. The maximum Gasteiger partial charge on any atom is 0.227 e. The number of nitrogens with zero attached hydrogens (tertiary/aromatic N) is 1. The zero-order chi connectivity index (χ0) is 10.8. The summed E-state index contributed by atoms with van der Waals surface area (Å²) in [5.74, 6) is 0.138. The van der Waals surface area contributed by atoms with E-state index >= 15 is 0 Å². The van der Waals surface area contributed by atoms with Gasteiger partial charge >= 0.3 is 0 Å². The molecule has 5 nitrogen and oxygen atoms in total. The highest BCUT2D eigenvalue weighted by atomic mass is 16.2. The molecule has 15 heavy (non-hydrogen) atoms. The van der Waals surface area contributed by atoms with E-state index in [2.05, 4.69) is 4.98 Å². The molecule has 0 aliphatic carbocycles. The molecule has 0 aromatic carbocycles. The molecule has 0 radical (unpaired) electrons. The van der Waals surface area contributed by atoms with Gasteiger partial charge in [0.05, 0.1) is 0 Å². The SMILES string of the molecule is NCC1CC(=O)N(c2c[nH]ccc2=O)C1. The summed E-state index contributed by atoms with van der Waals surface area (Å²) >= 11 is 0. The Bertz CT molecular complexity index is 427. The van der Waals surface area contributed by atoms with E-state index in [1.54, 1.807) is 12.4 Å². The van der Waals surface area contributed by atoms with Gasteiger partial charge in [0.2, 0.25) is 11.3 Å². The molecule has 1 aromatic heterocycles. The van der Waals surface area contributed by atoms with Crippen molar-refractivity contribution in [3.05, 3.63) is 28.7 Å². The molecule has 2 heterocycles. The number of amides is 1. The molecule has 1 aliphatic rings. The van der Waals surface area contributed by atoms with Crippen molar-refractivity contribution >= 4 is 11.6 Å². The van der Waals surface area contributed by atoms with Crippen LogP contribution in [0.5, 0.6) is 0 Å². The van der Waals surface area contributed by atoms with E-state index in [4.69, 9.17) is 5.73 Å². The van der Waals surface area contributed by atoms with Crippen LogP contribution in [0.15, 0.2) is 23.3 Å². The molecule has 0 spiro atoms. The number of anilines is 1. The van der Waals surface area contributed by atoms with Crippen LogP contribution in [0.3, 0.4) is 0 Å². The fraction of sp³-hybridized carbons (Fsp3) is 0.400. The summed E-state index contributed by atoms with van der Waals surface area (Å²) in [5, 5.41) is 0. The minimum atomic E-state index is -0.139. The van der Waals surface area contributed by atoms with E-state index in [9.17, 15) is 9.59 Å². The second-order valence-corrected chi connectivity index (χ2v) is 3.70. The zero-order valence-electron chi connectivity index (χ0n) is 8.27. The molecule has 1 unspecified atom stereocenters. The Morgan fingerprint density at radius 3 is 2.93 bits per heavy atom. The summed E-state index contributed by atoms with van der Waals surface area (Å²) in [4.78, 5) is 27.4. The van der Waals surface area contributed by atoms with Gasteiger partial charge in [-0.3, -0.25) is 9.59 Å². The van der Waals surface area contributed by atoms with Crippen molar-refractivity contribution in [2.24, 2.45) is 11.7 Å². The lowest BCUT2D eigenvalue weighted by molar-refractivity contribution is -0.117. The van der Waals surface area contributed by atoms with Gasteiger partial charge in [-0.1, -0.05) is 0 Å². The van der Waals surface area contributed by atoms with Gasteiger partial charge in [-0.05, 0) is 12.5 Å². The van der Waals surface area contributed by atoms with Crippen LogP contribution in [0.2, 0.25) is 0 Å². The Labute approximate surface area is 86.9 Å². The van der Waals surface area contributed by atoms with Gasteiger partial charge in [-0.2, -0.15) is 0 Å². The van der Waals surface area contributed by atoms with E-state index in [0.29, 0.717) is 25.2 Å². The number of H-pyrrole nitrogens is 1. The van der Waals surface area contributed by atoms with Gasteiger partial charge in [0.25, 0.3) is 0 Å². The van der Waals surface area contributed by atoms with Crippen LogP contribution in [-0.2, 0) is 4.79 Å². The first-order valence-electron chi connectivity index (χ1n) is 4.90. The van der Waals surface area contributed by atoms with Crippen LogP contribution in [0.4, 0.5) is 5.69 Å². The molecule has 1 amide bonds. The first kappa shape index (κ1) is 9.92. The number of hydrogen-bond donors (Lipinski definition) is 2. The minimum Gasteiger partial charge on any atom is -0.366 e. The molecule has 1 atom stereocenters. The van der Waals surface area contributed by atoms with E-state index in [0.717, 1.165) is 0 Å². The summed E-state index contributed by atoms with van der Waals surface area (Å²) in [7, 11) is 0. The predicted molar refractivity (Wildman–Crippen MR) is 56.6 cm³/mol. The molecule has 1 fully saturated rings. The van der Waals surface area contributed by atoms with Crippen LogP contribution in [-0.4, -0.2) is 24.0 Å². The number of rotatable bonds is 2. The molecule has 3 N–H and O–H groups in total. The van der Waals surface area contributed by atoms with E-state index in [-0.39, 0.29) is 17.3 Å². The van der Waals surface area contributed by atoms with E-state index in [1.807, 2.05) is 0 Å². The maximum absolute atomic E-state index is 11.6. The standard InChI is InChI=1S/C10H13N3O2/c11-4-7-3-10(15)13(6-7)8-5-12-2-1-9(8)14/h1-2,5,7H,3-4,6,11H2,(H,12,14). The summed E-state index contributed by atoms with van der Waals surface area (Å²) in [6.07, 6.45) is 3.54. The lowest BCUT2D eigenvalue weighted by Crippen LogP contribution is -2.30. The van der Waals surface area contributed by atoms with E-state index < -0.39 is 0 Å². The van der Waals surface area contributed by atoms with Gasteiger partial charge < -0.3 is 15.6 Å². The molecule has 80 valence electrons. The Morgan fingerprint density at radius 1 is 1.53 bits per heavy atom. The van der Waals surface area contributed by atoms with Crippen molar-refractivity contribution in [2.45, 2.75) is 6.42 Å². The third-order valence-electron chi connectivity index (χ3n) is 2.63. The summed E-state index contributed by atoms with van der Waals surface area (Å²) in [6, 6.07) is 1.42. The first-order valence-corrected chi connectivity index (χ1v) is 4.90. The second-order valence-electron chi connectivity index (χ2n) is 3.70. The van der Waals surface area contributed by atoms with Gasteiger partial charge in [0.15, 0.2) is 0 Å². The number of hydrogen-bond acceptors (Lipinski definition) is 3. The first-order chi connectivity index (χ1) is 7.22. The highest BCUT2D eigenvalue weighted by molar-refractivity contribution is 5.95. The fourth-order valence-electron chi connectivity index (χ4n) is 1.79. The predicted octanol–water partition coefficient (Wildman–Crippen LogP) is -0.314. The van der Waals surface area contributed by atoms with Crippen molar-refractivity contribution in [3.8, 4) is 0 Å². The normalized spacial score (nSPS) is 21.0.